The zero-order valence-electron chi connectivity index (χ0n) is 17.4. The van der Waals surface area contributed by atoms with Gasteiger partial charge in [0, 0.05) is 43.5 Å². The van der Waals surface area contributed by atoms with E-state index in [4.69, 9.17) is 9.57 Å². The van der Waals surface area contributed by atoms with E-state index in [-0.39, 0.29) is 17.0 Å². The number of hydrogen-bond acceptors (Lipinski definition) is 7. The molecule has 3 rings (SSSR count). The van der Waals surface area contributed by atoms with Crippen molar-refractivity contribution in [3.05, 3.63) is 41.3 Å². The molecule has 1 saturated heterocycles. The molecule has 0 saturated carbocycles. The summed E-state index contributed by atoms with van der Waals surface area (Å²) in [6, 6.07) is 3.78. The van der Waals surface area contributed by atoms with Gasteiger partial charge in [0.25, 0.3) is 5.91 Å². The third-order valence-corrected chi connectivity index (χ3v) is 6.11. The molecule has 2 heterocycles. The first-order chi connectivity index (χ1) is 14.8. The summed E-state index contributed by atoms with van der Waals surface area (Å²) < 4.78 is 32.2. The van der Waals surface area contributed by atoms with Crippen LogP contribution in [0.25, 0.3) is 0 Å². The van der Waals surface area contributed by atoms with E-state index in [1.54, 1.807) is 0 Å². The summed E-state index contributed by atoms with van der Waals surface area (Å²) in [6.45, 7) is 3.70. The van der Waals surface area contributed by atoms with Gasteiger partial charge in [0.15, 0.2) is 5.75 Å². The van der Waals surface area contributed by atoms with Crippen LogP contribution in [0.1, 0.15) is 15.9 Å². The van der Waals surface area contributed by atoms with E-state index >= 15 is 0 Å². The molecule has 0 spiro atoms. The van der Waals surface area contributed by atoms with Crippen LogP contribution in [0.15, 0.2) is 29.3 Å². The summed E-state index contributed by atoms with van der Waals surface area (Å²) in [5, 5.41) is 21.5. The third-order valence-electron chi connectivity index (χ3n) is 5.11. The van der Waals surface area contributed by atoms with E-state index in [2.05, 4.69) is 4.90 Å². The minimum absolute atomic E-state index is 0.121. The number of hydrogen-bond donors (Lipinski definition) is 2. The van der Waals surface area contributed by atoms with Gasteiger partial charge >= 0.3 is 0 Å². The first-order valence-corrected chi connectivity index (χ1v) is 11.3. The van der Waals surface area contributed by atoms with Crippen molar-refractivity contribution < 1.29 is 33.2 Å². The zero-order valence-corrected chi connectivity index (χ0v) is 18.2. The number of hydroxylamine groups is 2. The van der Waals surface area contributed by atoms with E-state index in [0.29, 0.717) is 31.9 Å². The Morgan fingerprint density at radius 2 is 2.00 bits per heavy atom. The smallest absolute Gasteiger partial charge is 0.283 e. The van der Waals surface area contributed by atoms with Gasteiger partial charge in [0.05, 0.1) is 37.7 Å². The number of rotatable bonds is 8. The average molecular weight is 456 g/mol. The molecule has 1 fully saturated rings. The second kappa shape index (κ2) is 10.2. The maximum Gasteiger partial charge on any atom is 0.283 e. The lowest BCUT2D eigenvalue weighted by atomic mass is 10.2. The molecule has 1 aliphatic heterocycles. The van der Waals surface area contributed by atoms with Gasteiger partial charge < -0.3 is 19.5 Å². The Kier molecular flexibility index (Phi) is 7.65. The first-order valence-electron chi connectivity index (χ1n) is 9.70. The fraction of sp³-hybridized carbons (Fsp3) is 0.450. The van der Waals surface area contributed by atoms with Gasteiger partial charge in [0.1, 0.15) is 11.4 Å². The van der Waals surface area contributed by atoms with Gasteiger partial charge in [-0.25, -0.2) is 9.45 Å². The van der Waals surface area contributed by atoms with Gasteiger partial charge in [-0.05, 0) is 17.7 Å². The molecule has 0 radical (unpaired) electrons. The number of carbonyl (C=O) groups excluding carboxylic acids is 1. The third kappa shape index (κ3) is 5.42. The van der Waals surface area contributed by atoms with Crippen molar-refractivity contribution in [2.45, 2.75) is 18.0 Å². The lowest BCUT2D eigenvalue weighted by Crippen LogP contribution is -2.38. The number of aromatic nitrogens is 1. The van der Waals surface area contributed by atoms with Crippen molar-refractivity contribution in [1.29, 1.82) is 0 Å². The Morgan fingerprint density at radius 3 is 2.65 bits per heavy atom. The second-order valence-electron chi connectivity index (χ2n) is 7.09. The van der Waals surface area contributed by atoms with E-state index in [9.17, 15) is 23.6 Å². The molecule has 1 amide bonds. The average Bonchev–Trinajstić information content (AvgIpc) is 3.05. The number of nitrogens with zero attached hydrogens (tertiary/aromatic N) is 3. The Morgan fingerprint density at radius 1 is 1.29 bits per heavy atom. The van der Waals surface area contributed by atoms with Gasteiger partial charge in [-0.2, -0.15) is 0 Å². The highest BCUT2D eigenvalue weighted by atomic mass is 32.2. The van der Waals surface area contributed by atoms with Crippen LogP contribution in [0.2, 0.25) is 0 Å². The number of carbonyl (C=O) groups is 1. The van der Waals surface area contributed by atoms with E-state index in [1.165, 1.54) is 36.3 Å². The second-order valence-corrected chi connectivity index (χ2v) is 8.44. The summed E-state index contributed by atoms with van der Waals surface area (Å²) in [6.07, 6.45) is 2.78. The molecular weight excluding hydrogens is 429 g/mol. The minimum Gasteiger partial charge on any atom is -0.503 e. The maximum absolute atomic E-state index is 13.5. The van der Waals surface area contributed by atoms with Crippen molar-refractivity contribution in [2.75, 3.05) is 46.2 Å². The zero-order chi connectivity index (χ0) is 22.5. The highest BCUT2D eigenvalue weighted by Gasteiger charge is 2.26. The Labute approximate surface area is 182 Å². The number of halogens is 1. The minimum atomic E-state index is -1.48. The van der Waals surface area contributed by atoms with Crippen LogP contribution in [0.3, 0.4) is 0 Å². The molecule has 9 nitrogen and oxygen atoms in total. The molecule has 0 bridgehead atoms. The van der Waals surface area contributed by atoms with E-state index < -0.39 is 34.2 Å². The molecule has 31 heavy (non-hydrogen) atoms. The number of amides is 1. The fourth-order valence-corrected chi connectivity index (χ4v) is 4.15. The van der Waals surface area contributed by atoms with Crippen LogP contribution in [0.5, 0.6) is 11.6 Å². The predicted molar refractivity (Wildman–Crippen MR) is 111 cm³/mol. The summed E-state index contributed by atoms with van der Waals surface area (Å²) in [5.74, 6) is -2.20. The van der Waals surface area contributed by atoms with Crippen molar-refractivity contribution >= 4 is 16.7 Å². The number of ether oxygens (including phenoxy) is 1. The van der Waals surface area contributed by atoms with Gasteiger partial charge in [-0.1, -0.05) is 6.07 Å². The normalized spacial score (nSPS) is 15.7. The predicted octanol–water partition coefficient (Wildman–Crippen LogP) is 1.31. The number of aromatic hydroxyl groups is 2. The largest absolute Gasteiger partial charge is 0.503 e. The lowest BCUT2D eigenvalue weighted by molar-refractivity contribution is -0.102. The molecule has 1 atom stereocenters. The number of benzene rings is 1. The Hall–Kier alpha value is -2.47. The maximum atomic E-state index is 13.5. The van der Waals surface area contributed by atoms with Crippen molar-refractivity contribution in [1.82, 2.24) is 14.5 Å². The first kappa shape index (κ1) is 23.2. The van der Waals surface area contributed by atoms with Crippen LogP contribution in [0, 0.1) is 5.82 Å². The van der Waals surface area contributed by atoms with E-state index in [1.807, 2.05) is 0 Å². The van der Waals surface area contributed by atoms with Crippen LogP contribution in [0.4, 0.5) is 4.39 Å². The molecule has 1 aromatic carbocycles. The summed E-state index contributed by atoms with van der Waals surface area (Å²) >= 11 is 0. The van der Waals surface area contributed by atoms with Crippen molar-refractivity contribution in [3.63, 3.8) is 0 Å². The highest BCUT2D eigenvalue weighted by molar-refractivity contribution is 7.84. The van der Waals surface area contributed by atoms with Crippen LogP contribution >= 0.6 is 0 Å². The molecule has 170 valence electrons. The molecule has 0 aliphatic carbocycles. The Bertz CT molecular complexity index is 961. The molecular formula is C20H26FN3O6S. The van der Waals surface area contributed by atoms with Gasteiger partial charge in [0.2, 0.25) is 5.88 Å². The molecule has 11 heteroatoms. The van der Waals surface area contributed by atoms with Gasteiger partial charge in [-0.15, -0.1) is 0 Å². The standard InChI is InChI=1S/C20H26FN3O6S/c1-29-24(12-14-3-4-15(21)11-17(14)31(2)28)19(26)16-13-23(20(27)18(16)25)6-5-22-7-9-30-10-8-22/h3-4,11,13,25,27H,5-10,12H2,1-2H3. The molecule has 2 N–H and O–H groups in total. The highest BCUT2D eigenvalue weighted by Crippen LogP contribution is 2.32. The monoisotopic (exact) mass is 455 g/mol. The molecule has 2 aromatic rings. The molecule has 1 aliphatic rings. The van der Waals surface area contributed by atoms with E-state index in [0.717, 1.165) is 24.2 Å². The van der Waals surface area contributed by atoms with Crippen molar-refractivity contribution in [2.24, 2.45) is 0 Å². The van der Waals surface area contributed by atoms with Crippen LogP contribution < -0.4 is 0 Å². The van der Waals surface area contributed by atoms with Crippen LogP contribution in [-0.4, -0.2) is 81.1 Å². The SMILES string of the molecule is CON(Cc1ccc(F)cc1S(C)=O)C(=O)c1cn(CCN2CCOCC2)c(O)c1O. The number of morpholine rings is 1. The molecule has 1 unspecified atom stereocenters. The fourth-order valence-electron chi connectivity index (χ4n) is 3.37. The summed E-state index contributed by atoms with van der Waals surface area (Å²) in [5.41, 5.74) is 0.301. The van der Waals surface area contributed by atoms with Crippen molar-refractivity contribution in [3.8, 4) is 11.6 Å². The lowest BCUT2D eigenvalue weighted by Gasteiger charge is -2.26. The Balaban J connectivity index is 1.77. The topological polar surface area (TPSA) is 104 Å². The summed E-state index contributed by atoms with van der Waals surface area (Å²) in [4.78, 5) is 20.5. The summed E-state index contributed by atoms with van der Waals surface area (Å²) in [7, 11) is -0.203. The van der Waals surface area contributed by atoms with Gasteiger partial charge in [-0.3, -0.25) is 18.7 Å². The molecule has 1 aromatic heterocycles. The van der Waals surface area contributed by atoms with Crippen LogP contribution in [-0.2, 0) is 33.5 Å². The quantitative estimate of drug-likeness (QED) is 0.579.